The molecule has 1 aromatic heterocycles. The second-order valence-electron chi connectivity index (χ2n) is 5.17. The summed E-state index contributed by atoms with van der Waals surface area (Å²) in [6.45, 7) is 1.92. The normalized spacial score (nSPS) is 22.5. The number of nitrogens with one attached hydrogen (secondary N) is 1. The van der Waals surface area contributed by atoms with Gasteiger partial charge in [-0.2, -0.15) is 0 Å². The van der Waals surface area contributed by atoms with Crippen molar-refractivity contribution in [2.75, 3.05) is 20.1 Å². The van der Waals surface area contributed by atoms with Crippen LogP contribution in [-0.2, 0) is 14.8 Å². The van der Waals surface area contributed by atoms with Gasteiger partial charge in [-0.1, -0.05) is 0 Å². The molecule has 2 rings (SSSR count). The highest BCUT2D eigenvalue weighted by Gasteiger charge is 2.42. The number of hydrogen-bond donors (Lipinski definition) is 2. The molecular weight excluding hydrogens is 300 g/mol. The summed E-state index contributed by atoms with van der Waals surface area (Å²) in [7, 11) is -2.52. The van der Waals surface area contributed by atoms with Crippen LogP contribution in [0.1, 0.15) is 23.9 Å². The van der Waals surface area contributed by atoms with Crippen LogP contribution < -0.4 is 4.72 Å². The third kappa shape index (κ3) is 2.79. The molecule has 0 bridgehead atoms. The van der Waals surface area contributed by atoms with E-state index < -0.39 is 27.3 Å². The fourth-order valence-corrected chi connectivity index (χ4v) is 2.79. The quantitative estimate of drug-likeness (QED) is 0.815. The first-order valence-corrected chi connectivity index (χ1v) is 7.74. The summed E-state index contributed by atoms with van der Waals surface area (Å²) < 4.78 is 30.2. The van der Waals surface area contributed by atoms with Gasteiger partial charge in [-0.25, -0.2) is 13.1 Å². The smallest absolute Gasteiger partial charge is 0.311 e. The predicted molar refractivity (Wildman–Crippen MR) is 71.2 cm³/mol. The number of carboxylic acid groups (broad SMARTS) is 1. The number of hydrogen-bond acceptors (Lipinski definition) is 5. The summed E-state index contributed by atoms with van der Waals surface area (Å²) in [5.41, 5.74) is -0.984. The number of aliphatic carboxylic acids is 1. The van der Waals surface area contributed by atoms with Crippen molar-refractivity contribution in [3.05, 3.63) is 17.9 Å². The van der Waals surface area contributed by atoms with Crippen LogP contribution in [0.15, 0.2) is 21.6 Å². The maximum Gasteiger partial charge on any atom is 0.311 e. The molecule has 2 heterocycles. The van der Waals surface area contributed by atoms with E-state index in [4.69, 9.17) is 9.52 Å². The number of rotatable bonds is 4. The molecule has 21 heavy (non-hydrogen) atoms. The number of carbonyl (C=O) groups excluding carboxylic acids is 1. The van der Waals surface area contributed by atoms with E-state index in [1.165, 1.54) is 24.1 Å². The first kappa shape index (κ1) is 15.5. The number of amides is 1. The van der Waals surface area contributed by atoms with Gasteiger partial charge in [0.25, 0.3) is 15.9 Å². The first-order chi connectivity index (χ1) is 9.69. The Kier molecular flexibility index (Phi) is 3.81. The molecule has 1 amide bonds. The Morgan fingerprint density at radius 3 is 2.62 bits per heavy atom. The molecule has 0 radical (unpaired) electrons. The van der Waals surface area contributed by atoms with Crippen LogP contribution in [0.4, 0.5) is 0 Å². The van der Waals surface area contributed by atoms with E-state index in [1.807, 2.05) is 0 Å². The van der Waals surface area contributed by atoms with E-state index in [0.29, 0.717) is 6.42 Å². The first-order valence-electron chi connectivity index (χ1n) is 6.26. The van der Waals surface area contributed by atoms with Gasteiger partial charge in [0.1, 0.15) is 0 Å². The number of carboxylic acids is 1. The summed E-state index contributed by atoms with van der Waals surface area (Å²) in [6, 6.07) is 2.45. The Hall–Kier alpha value is -1.87. The summed E-state index contributed by atoms with van der Waals surface area (Å²) in [6.07, 6.45) is 0.344. The highest BCUT2D eigenvalue weighted by molar-refractivity contribution is 7.89. The van der Waals surface area contributed by atoms with Crippen molar-refractivity contribution in [3.63, 3.8) is 0 Å². The van der Waals surface area contributed by atoms with Gasteiger partial charge >= 0.3 is 5.97 Å². The SMILES string of the molecule is CNS(=O)(=O)c1ccc(C(=O)N2CC[C@@](C)(C(=O)O)C2)o1. The van der Waals surface area contributed by atoms with Crippen molar-refractivity contribution < 1.29 is 27.5 Å². The molecule has 0 aliphatic carbocycles. The minimum Gasteiger partial charge on any atom is -0.481 e. The van der Waals surface area contributed by atoms with E-state index in [-0.39, 0.29) is 23.9 Å². The Balaban J connectivity index is 2.18. The van der Waals surface area contributed by atoms with Gasteiger partial charge in [0.05, 0.1) is 5.41 Å². The second kappa shape index (κ2) is 5.15. The lowest BCUT2D eigenvalue weighted by molar-refractivity contribution is -0.147. The van der Waals surface area contributed by atoms with Crippen molar-refractivity contribution >= 4 is 21.9 Å². The molecule has 1 aromatic rings. The van der Waals surface area contributed by atoms with Gasteiger partial charge in [-0.05, 0) is 32.5 Å². The summed E-state index contributed by atoms with van der Waals surface area (Å²) in [4.78, 5) is 24.7. The number of sulfonamides is 1. The molecular formula is C12H16N2O6S. The monoisotopic (exact) mass is 316 g/mol. The molecule has 0 aromatic carbocycles. The van der Waals surface area contributed by atoms with Crippen molar-refractivity contribution in [1.82, 2.24) is 9.62 Å². The highest BCUT2D eigenvalue weighted by atomic mass is 32.2. The predicted octanol–water partition coefficient (Wildman–Crippen LogP) is 0.124. The largest absolute Gasteiger partial charge is 0.481 e. The molecule has 1 aliphatic rings. The number of likely N-dealkylation sites (tertiary alicyclic amines) is 1. The molecule has 1 fully saturated rings. The zero-order valence-electron chi connectivity index (χ0n) is 11.6. The molecule has 1 saturated heterocycles. The van der Waals surface area contributed by atoms with Gasteiger partial charge < -0.3 is 14.4 Å². The van der Waals surface area contributed by atoms with Crippen molar-refractivity contribution in [2.45, 2.75) is 18.4 Å². The van der Waals surface area contributed by atoms with Crippen molar-refractivity contribution in [2.24, 2.45) is 5.41 Å². The Morgan fingerprint density at radius 2 is 2.10 bits per heavy atom. The average Bonchev–Trinajstić information content (AvgIpc) is 3.05. The molecule has 1 aliphatic heterocycles. The molecule has 0 spiro atoms. The van der Waals surface area contributed by atoms with Crippen molar-refractivity contribution in [3.8, 4) is 0 Å². The van der Waals surface area contributed by atoms with Gasteiger partial charge in [-0.3, -0.25) is 9.59 Å². The van der Waals surface area contributed by atoms with Gasteiger partial charge in [0, 0.05) is 13.1 Å². The molecule has 2 N–H and O–H groups in total. The number of furan rings is 1. The molecule has 9 heteroatoms. The Labute approximate surface area is 121 Å². The molecule has 116 valence electrons. The lowest BCUT2D eigenvalue weighted by Crippen LogP contribution is -2.34. The van der Waals surface area contributed by atoms with Gasteiger partial charge in [0.2, 0.25) is 5.09 Å². The Bertz CT molecular complexity index is 680. The number of carbonyl (C=O) groups is 2. The van der Waals surface area contributed by atoms with Crippen LogP contribution in [-0.4, -0.2) is 50.4 Å². The third-order valence-corrected chi connectivity index (χ3v) is 4.89. The van der Waals surface area contributed by atoms with Crippen LogP contribution in [0.3, 0.4) is 0 Å². The Morgan fingerprint density at radius 1 is 1.43 bits per heavy atom. The lowest BCUT2D eigenvalue weighted by Gasteiger charge is -2.19. The lowest BCUT2D eigenvalue weighted by atomic mass is 9.90. The van der Waals surface area contributed by atoms with Crippen LogP contribution in [0.5, 0.6) is 0 Å². The van der Waals surface area contributed by atoms with Crippen LogP contribution in [0, 0.1) is 5.41 Å². The van der Waals surface area contributed by atoms with Crippen LogP contribution in [0.25, 0.3) is 0 Å². The standard InChI is InChI=1S/C12H16N2O6S/c1-12(11(16)17)5-6-14(7-12)10(15)8-3-4-9(20-8)21(18,19)13-2/h3-4,13H,5-7H2,1-2H3,(H,16,17)/t12-/m1/s1. The summed E-state index contributed by atoms with van der Waals surface area (Å²) in [5.74, 6) is -1.60. The zero-order chi connectivity index (χ0) is 15.8. The molecule has 1 atom stereocenters. The van der Waals surface area contributed by atoms with Crippen LogP contribution in [0.2, 0.25) is 0 Å². The van der Waals surface area contributed by atoms with Crippen LogP contribution >= 0.6 is 0 Å². The fourth-order valence-electron chi connectivity index (χ4n) is 2.14. The number of nitrogens with zero attached hydrogens (tertiary/aromatic N) is 1. The minimum atomic E-state index is -3.75. The van der Waals surface area contributed by atoms with Gasteiger partial charge in [0.15, 0.2) is 5.76 Å². The summed E-state index contributed by atoms with van der Waals surface area (Å²) in [5, 5.41) is 8.78. The zero-order valence-corrected chi connectivity index (χ0v) is 12.4. The topological polar surface area (TPSA) is 117 Å². The highest BCUT2D eigenvalue weighted by Crippen LogP contribution is 2.31. The van der Waals surface area contributed by atoms with E-state index in [1.54, 1.807) is 6.92 Å². The third-order valence-electron chi connectivity index (χ3n) is 3.60. The van der Waals surface area contributed by atoms with E-state index in [9.17, 15) is 18.0 Å². The van der Waals surface area contributed by atoms with E-state index in [2.05, 4.69) is 4.72 Å². The maximum atomic E-state index is 12.2. The van der Waals surface area contributed by atoms with Gasteiger partial charge in [-0.15, -0.1) is 0 Å². The summed E-state index contributed by atoms with van der Waals surface area (Å²) >= 11 is 0. The second-order valence-corrected chi connectivity index (χ2v) is 6.99. The van der Waals surface area contributed by atoms with E-state index in [0.717, 1.165) is 0 Å². The fraction of sp³-hybridized carbons (Fsp3) is 0.500. The maximum absolute atomic E-state index is 12.2. The molecule has 0 unspecified atom stereocenters. The van der Waals surface area contributed by atoms with E-state index >= 15 is 0 Å². The van der Waals surface area contributed by atoms with Crippen molar-refractivity contribution in [1.29, 1.82) is 0 Å². The minimum absolute atomic E-state index is 0.0655. The average molecular weight is 316 g/mol. The molecule has 0 saturated carbocycles. The molecule has 8 nitrogen and oxygen atoms in total.